The molecule has 1 aromatic rings. The van der Waals surface area contributed by atoms with Crippen LogP contribution in [0.2, 0.25) is 0 Å². The first-order valence-electron chi connectivity index (χ1n) is 4.87. The molecule has 15 heavy (non-hydrogen) atoms. The molecule has 0 bridgehead atoms. The summed E-state index contributed by atoms with van der Waals surface area (Å²) in [6.07, 6.45) is 0.559. The normalized spacial score (nSPS) is 25.3. The fraction of sp³-hybridized carbons (Fsp3) is 0.750. The molecule has 7 heteroatoms. The van der Waals surface area contributed by atoms with Gasteiger partial charge in [0.1, 0.15) is 5.82 Å². The van der Waals surface area contributed by atoms with Gasteiger partial charge in [0.05, 0.1) is 11.5 Å². The van der Waals surface area contributed by atoms with Crippen LogP contribution in [0.15, 0.2) is 0 Å². The fourth-order valence-electron chi connectivity index (χ4n) is 1.70. The minimum absolute atomic E-state index is 0.0565. The molecule has 0 radical (unpaired) electrons. The number of H-pyrrole nitrogens is 1. The van der Waals surface area contributed by atoms with Crippen LogP contribution in [0.3, 0.4) is 0 Å². The van der Waals surface area contributed by atoms with E-state index in [4.69, 9.17) is 0 Å². The average Bonchev–Trinajstić information content (AvgIpc) is 2.49. The monoisotopic (exact) mass is 230 g/mol. The van der Waals surface area contributed by atoms with Gasteiger partial charge in [0.15, 0.2) is 15.7 Å². The Kier molecular flexibility index (Phi) is 2.74. The van der Waals surface area contributed by atoms with E-state index < -0.39 is 9.84 Å². The van der Waals surface area contributed by atoms with Gasteiger partial charge in [-0.2, -0.15) is 5.10 Å². The number of aromatic nitrogens is 3. The first-order valence-corrected chi connectivity index (χ1v) is 6.69. The van der Waals surface area contributed by atoms with E-state index in [0.29, 0.717) is 18.8 Å². The van der Waals surface area contributed by atoms with Crippen molar-refractivity contribution in [3.8, 4) is 0 Å². The molecule has 1 aliphatic heterocycles. The van der Waals surface area contributed by atoms with Gasteiger partial charge in [0.25, 0.3) is 0 Å². The molecule has 6 nitrogen and oxygen atoms in total. The molecule has 0 aliphatic carbocycles. The summed E-state index contributed by atoms with van der Waals surface area (Å²) in [5.74, 6) is 1.84. The summed E-state index contributed by atoms with van der Waals surface area (Å²) in [7, 11) is -2.87. The van der Waals surface area contributed by atoms with Gasteiger partial charge in [0.2, 0.25) is 0 Å². The summed E-state index contributed by atoms with van der Waals surface area (Å²) in [6, 6.07) is -0.0565. The van der Waals surface area contributed by atoms with E-state index in [-0.39, 0.29) is 17.5 Å². The molecule has 1 unspecified atom stereocenters. The van der Waals surface area contributed by atoms with Crippen LogP contribution in [-0.2, 0) is 16.3 Å². The summed E-state index contributed by atoms with van der Waals surface area (Å²) in [4.78, 5) is 4.15. The summed E-state index contributed by atoms with van der Waals surface area (Å²) >= 11 is 0. The lowest BCUT2D eigenvalue weighted by atomic mass is 10.2. The number of aromatic amines is 1. The quantitative estimate of drug-likeness (QED) is 0.683. The highest BCUT2D eigenvalue weighted by Crippen LogP contribution is 2.05. The van der Waals surface area contributed by atoms with Gasteiger partial charge in [-0.3, -0.25) is 5.10 Å². The molecule has 0 amide bonds. The second-order valence-electron chi connectivity index (χ2n) is 3.81. The maximum atomic E-state index is 11.4. The van der Waals surface area contributed by atoms with Crippen LogP contribution in [0.4, 0.5) is 0 Å². The lowest BCUT2D eigenvalue weighted by Crippen LogP contribution is -2.46. The van der Waals surface area contributed by atoms with Crippen molar-refractivity contribution in [3.63, 3.8) is 0 Å². The van der Waals surface area contributed by atoms with Gasteiger partial charge in [-0.1, -0.05) is 0 Å². The second-order valence-corrected chi connectivity index (χ2v) is 6.04. The van der Waals surface area contributed by atoms with Crippen molar-refractivity contribution in [1.82, 2.24) is 20.5 Å². The summed E-state index contributed by atoms with van der Waals surface area (Å²) in [5.41, 5.74) is 0. The lowest BCUT2D eigenvalue weighted by molar-refractivity contribution is 0.509. The Morgan fingerprint density at radius 1 is 1.53 bits per heavy atom. The van der Waals surface area contributed by atoms with E-state index in [9.17, 15) is 8.42 Å². The van der Waals surface area contributed by atoms with Crippen molar-refractivity contribution in [3.05, 3.63) is 11.6 Å². The van der Waals surface area contributed by atoms with E-state index in [1.807, 2.05) is 6.92 Å². The third-order valence-corrected chi connectivity index (χ3v) is 4.11. The molecule has 1 aliphatic rings. The molecule has 2 N–H and O–H groups in total. The molecular formula is C8H14N4O2S. The van der Waals surface area contributed by atoms with Crippen molar-refractivity contribution in [2.24, 2.45) is 0 Å². The SMILES string of the molecule is Cc1nc(CC2CS(=O)(=O)CCN2)n[nH]1. The zero-order chi connectivity index (χ0) is 10.9. The number of hydrogen-bond acceptors (Lipinski definition) is 5. The Morgan fingerprint density at radius 3 is 2.93 bits per heavy atom. The topological polar surface area (TPSA) is 87.7 Å². The molecule has 1 atom stereocenters. The van der Waals surface area contributed by atoms with Gasteiger partial charge in [-0.25, -0.2) is 13.4 Å². The van der Waals surface area contributed by atoms with E-state index in [1.54, 1.807) is 0 Å². The second kappa shape index (κ2) is 3.90. The van der Waals surface area contributed by atoms with Crippen LogP contribution < -0.4 is 5.32 Å². The Hall–Kier alpha value is -0.950. The minimum atomic E-state index is -2.87. The highest BCUT2D eigenvalue weighted by atomic mass is 32.2. The summed E-state index contributed by atoms with van der Waals surface area (Å²) < 4.78 is 22.7. The van der Waals surface area contributed by atoms with Crippen LogP contribution >= 0.6 is 0 Å². The molecule has 0 aromatic carbocycles. The van der Waals surface area contributed by atoms with Crippen molar-refractivity contribution >= 4 is 9.84 Å². The van der Waals surface area contributed by atoms with E-state index in [0.717, 1.165) is 5.82 Å². The van der Waals surface area contributed by atoms with E-state index in [1.165, 1.54) is 0 Å². The van der Waals surface area contributed by atoms with Gasteiger partial charge >= 0.3 is 0 Å². The number of rotatable bonds is 2. The number of nitrogens with zero attached hydrogens (tertiary/aromatic N) is 2. The molecule has 1 aromatic heterocycles. The predicted octanol–water partition coefficient (Wildman–Crippen LogP) is -0.958. The average molecular weight is 230 g/mol. The van der Waals surface area contributed by atoms with Gasteiger partial charge < -0.3 is 5.32 Å². The first-order chi connectivity index (χ1) is 7.05. The highest BCUT2D eigenvalue weighted by molar-refractivity contribution is 7.91. The van der Waals surface area contributed by atoms with Crippen molar-refractivity contribution in [2.45, 2.75) is 19.4 Å². The highest BCUT2D eigenvalue weighted by Gasteiger charge is 2.25. The van der Waals surface area contributed by atoms with Crippen LogP contribution in [0.1, 0.15) is 11.6 Å². The van der Waals surface area contributed by atoms with Crippen LogP contribution in [0.25, 0.3) is 0 Å². The Morgan fingerprint density at radius 2 is 2.33 bits per heavy atom. The Labute approximate surface area is 88.4 Å². The van der Waals surface area contributed by atoms with E-state index >= 15 is 0 Å². The maximum Gasteiger partial charge on any atom is 0.153 e. The maximum absolute atomic E-state index is 11.4. The van der Waals surface area contributed by atoms with Crippen molar-refractivity contribution < 1.29 is 8.42 Å². The number of hydrogen-bond donors (Lipinski definition) is 2. The van der Waals surface area contributed by atoms with Crippen LogP contribution in [0.5, 0.6) is 0 Å². The summed E-state index contributed by atoms with van der Waals surface area (Å²) in [5, 5.41) is 9.89. The van der Waals surface area contributed by atoms with Gasteiger partial charge in [-0.05, 0) is 6.92 Å². The minimum Gasteiger partial charge on any atom is -0.312 e. The number of aryl methyl sites for hydroxylation is 1. The smallest absolute Gasteiger partial charge is 0.153 e. The summed E-state index contributed by atoms with van der Waals surface area (Å²) in [6.45, 7) is 2.35. The van der Waals surface area contributed by atoms with Crippen LogP contribution in [-0.4, -0.2) is 47.7 Å². The molecule has 2 rings (SSSR count). The third kappa shape index (κ3) is 2.75. The van der Waals surface area contributed by atoms with E-state index in [2.05, 4.69) is 20.5 Å². The first kappa shape index (κ1) is 10.6. The number of sulfone groups is 1. The molecule has 84 valence electrons. The zero-order valence-electron chi connectivity index (χ0n) is 8.52. The van der Waals surface area contributed by atoms with Gasteiger partial charge in [0, 0.05) is 19.0 Å². The standard InChI is InChI=1S/C8H14N4O2S/c1-6-10-8(12-11-6)4-7-5-15(13,14)3-2-9-7/h7,9H,2-5H2,1H3,(H,10,11,12). The number of nitrogens with one attached hydrogen (secondary N) is 2. The fourth-order valence-corrected chi connectivity index (χ4v) is 3.14. The Bertz CT molecular complexity index is 439. The molecule has 0 saturated carbocycles. The molecular weight excluding hydrogens is 216 g/mol. The molecule has 0 spiro atoms. The lowest BCUT2D eigenvalue weighted by Gasteiger charge is -2.22. The molecule has 2 heterocycles. The third-order valence-electron chi connectivity index (χ3n) is 2.37. The zero-order valence-corrected chi connectivity index (χ0v) is 9.34. The molecule has 1 fully saturated rings. The van der Waals surface area contributed by atoms with Gasteiger partial charge in [-0.15, -0.1) is 0 Å². The van der Waals surface area contributed by atoms with Crippen molar-refractivity contribution in [2.75, 3.05) is 18.1 Å². The van der Waals surface area contributed by atoms with Crippen LogP contribution in [0, 0.1) is 6.92 Å². The Balaban J connectivity index is 2.01. The predicted molar refractivity (Wildman–Crippen MR) is 55.3 cm³/mol. The molecule has 1 saturated heterocycles. The van der Waals surface area contributed by atoms with Crippen molar-refractivity contribution in [1.29, 1.82) is 0 Å². The largest absolute Gasteiger partial charge is 0.312 e.